The number of aromatic nitrogens is 2. The zero-order chi connectivity index (χ0) is 21.6. The summed E-state index contributed by atoms with van der Waals surface area (Å²) in [6.45, 7) is 5.12. The van der Waals surface area contributed by atoms with Gasteiger partial charge in [-0.1, -0.05) is 0 Å². The van der Waals surface area contributed by atoms with Crippen molar-refractivity contribution in [1.29, 1.82) is 5.26 Å². The van der Waals surface area contributed by atoms with E-state index in [0.717, 1.165) is 11.4 Å². The molecule has 0 aliphatic heterocycles. The molecule has 2 aromatic heterocycles. The number of aryl methyl sites for hydroxylation is 1. The van der Waals surface area contributed by atoms with Gasteiger partial charge in [-0.25, -0.2) is 13.8 Å². The molecule has 1 saturated carbocycles. The number of hydrogen-bond acceptors (Lipinski definition) is 3. The van der Waals surface area contributed by atoms with Crippen LogP contribution in [0.2, 0.25) is 0 Å². The van der Waals surface area contributed by atoms with Crippen LogP contribution < -0.4 is 0 Å². The maximum atomic E-state index is 13.6. The molecule has 3 rings (SSSR count). The number of methoxy groups -OCH3 is 1. The van der Waals surface area contributed by atoms with Crippen molar-refractivity contribution < 1.29 is 17.6 Å². The number of hydrogen-bond donors (Lipinski definition) is 0. The van der Waals surface area contributed by atoms with Crippen LogP contribution in [0.25, 0.3) is 5.65 Å². The maximum absolute atomic E-state index is 13.6. The Morgan fingerprint density at radius 3 is 2.73 bits per heavy atom. The number of alkyl halides is 2. The van der Waals surface area contributed by atoms with Crippen LogP contribution in [0.5, 0.6) is 0 Å². The topological polar surface area (TPSA) is 50.3 Å². The van der Waals surface area contributed by atoms with Gasteiger partial charge in [0.25, 0.3) is 0 Å². The van der Waals surface area contributed by atoms with E-state index in [2.05, 4.69) is 11.1 Å². The van der Waals surface area contributed by atoms with Crippen LogP contribution in [0.4, 0.5) is 8.78 Å². The molecule has 0 bridgehead atoms. The van der Waals surface area contributed by atoms with E-state index in [1.807, 2.05) is 11.3 Å². The standard InChI is InChI=1S/C20H25F2N3O/c1-13-9-15(12-23)11-17-24-18(19(2,3)26-4)16(25(13)17)10-14-5-7-20(21,22)8-6-14/h9,11,14H,5-8,10H2,1-4H3/i4D3. The highest BCUT2D eigenvalue weighted by atomic mass is 19.3. The lowest BCUT2D eigenvalue weighted by molar-refractivity contribution is -0.0459. The Kier molecular flexibility index (Phi) is 3.85. The van der Waals surface area contributed by atoms with E-state index in [1.165, 1.54) is 0 Å². The molecule has 0 saturated heterocycles. The van der Waals surface area contributed by atoms with Crippen LogP contribution in [0.15, 0.2) is 12.1 Å². The van der Waals surface area contributed by atoms with Gasteiger partial charge in [-0.05, 0) is 58.1 Å². The van der Waals surface area contributed by atoms with E-state index in [0.29, 0.717) is 36.2 Å². The van der Waals surface area contributed by atoms with Gasteiger partial charge in [-0.3, -0.25) is 0 Å². The van der Waals surface area contributed by atoms with Crippen LogP contribution >= 0.6 is 0 Å². The summed E-state index contributed by atoms with van der Waals surface area (Å²) in [4.78, 5) is 4.62. The molecule has 1 aliphatic rings. The Morgan fingerprint density at radius 2 is 2.12 bits per heavy atom. The fourth-order valence-corrected chi connectivity index (χ4v) is 3.79. The first kappa shape index (κ1) is 15.1. The second-order valence-corrected chi connectivity index (χ2v) is 7.71. The predicted octanol–water partition coefficient (Wildman–Crippen LogP) is 4.76. The van der Waals surface area contributed by atoms with Crippen LogP contribution in [-0.2, 0) is 16.8 Å². The van der Waals surface area contributed by atoms with Gasteiger partial charge in [0.15, 0.2) is 0 Å². The van der Waals surface area contributed by atoms with Gasteiger partial charge < -0.3 is 9.14 Å². The molecule has 2 aromatic rings. The fourth-order valence-electron chi connectivity index (χ4n) is 3.79. The van der Waals surface area contributed by atoms with E-state index < -0.39 is 18.6 Å². The first-order valence-electron chi connectivity index (χ1n) is 10.3. The summed E-state index contributed by atoms with van der Waals surface area (Å²) >= 11 is 0. The van der Waals surface area contributed by atoms with Crippen molar-refractivity contribution >= 4 is 5.65 Å². The molecule has 0 radical (unpaired) electrons. The van der Waals surface area contributed by atoms with Crippen LogP contribution in [-0.4, -0.2) is 22.3 Å². The molecule has 1 fully saturated rings. The summed E-state index contributed by atoms with van der Waals surface area (Å²) in [5.41, 5.74) is 1.75. The lowest BCUT2D eigenvalue weighted by atomic mass is 9.83. The average Bonchev–Trinajstić information content (AvgIpc) is 2.94. The number of nitrogens with zero attached hydrogens (tertiary/aromatic N) is 3. The third-order valence-electron chi connectivity index (χ3n) is 5.27. The number of nitriles is 1. The lowest BCUT2D eigenvalue weighted by Gasteiger charge is -2.29. The van der Waals surface area contributed by atoms with Gasteiger partial charge in [-0.15, -0.1) is 0 Å². The number of halogens is 2. The minimum absolute atomic E-state index is 0.0480. The second kappa shape index (κ2) is 6.62. The summed E-state index contributed by atoms with van der Waals surface area (Å²) in [5.74, 6) is -2.56. The zero-order valence-corrected chi connectivity index (χ0v) is 15.3. The van der Waals surface area contributed by atoms with Gasteiger partial charge in [-0.2, -0.15) is 5.26 Å². The molecule has 0 atom stereocenters. The highest BCUT2D eigenvalue weighted by Crippen LogP contribution is 2.39. The molecule has 1 aliphatic carbocycles. The largest absolute Gasteiger partial charge is 0.372 e. The van der Waals surface area contributed by atoms with Crippen molar-refractivity contribution in [3.05, 3.63) is 34.8 Å². The molecule has 0 N–H and O–H groups in total. The summed E-state index contributed by atoms with van der Waals surface area (Å²) in [6.07, 6.45) is 1.01. The van der Waals surface area contributed by atoms with Gasteiger partial charge in [0.2, 0.25) is 5.92 Å². The Hall–Kier alpha value is -2.00. The minimum Gasteiger partial charge on any atom is -0.372 e. The van der Waals surface area contributed by atoms with Crippen LogP contribution in [0.3, 0.4) is 0 Å². The molecule has 140 valence electrons. The molecule has 6 heteroatoms. The predicted molar refractivity (Wildman–Crippen MR) is 95.3 cm³/mol. The quantitative estimate of drug-likeness (QED) is 0.786. The molecule has 0 amide bonds. The van der Waals surface area contributed by atoms with Crippen molar-refractivity contribution in [2.45, 2.75) is 64.4 Å². The molecular weight excluding hydrogens is 336 g/mol. The van der Waals surface area contributed by atoms with E-state index in [4.69, 9.17) is 8.85 Å². The van der Waals surface area contributed by atoms with Crippen molar-refractivity contribution in [3.63, 3.8) is 0 Å². The molecule has 0 unspecified atom stereocenters. The van der Waals surface area contributed by atoms with E-state index in [-0.39, 0.29) is 18.8 Å². The third kappa shape index (κ3) is 3.45. The van der Waals surface area contributed by atoms with Crippen molar-refractivity contribution in [2.75, 3.05) is 7.04 Å². The minimum atomic E-state index is -2.61. The lowest BCUT2D eigenvalue weighted by Crippen LogP contribution is -2.27. The Bertz CT molecular complexity index is 951. The third-order valence-corrected chi connectivity index (χ3v) is 5.27. The summed E-state index contributed by atoms with van der Waals surface area (Å²) in [7, 11) is -2.61. The first-order valence-corrected chi connectivity index (χ1v) is 8.82. The van der Waals surface area contributed by atoms with Crippen molar-refractivity contribution in [1.82, 2.24) is 9.38 Å². The van der Waals surface area contributed by atoms with Crippen molar-refractivity contribution in [2.24, 2.45) is 5.92 Å². The van der Waals surface area contributed by atoms with Gasteiger partial charge in [0.05, 0.1) is 21.4 Å². The molecular formula is C20H25F2N3O. The van der Waals surface area contributed by atoms with E-state index in [9.17, 15) is 14.0 Å². The molecule has 4 nitrogen and oxygen atoms in total. The van der Waals surface area contributed by atoms with Crippen molar-refractivity contribution in [3.8, 4) is 6.07 Å². The molecule has 0 spiro atoms. The second-order valence-electron chi connectivity index (χ2n) is 7.71. The van der Waals surface area contributed by atoms with Crippen LogP contribution in [0.1, 0.15) is 66.3 Å². The summed E-state index contributed by atoms with van der Waals surface area (Å²) < 4.78 is 56.9. The number of fused-ring (bicyclic) bond motifs is 1. The smallest absolute Gasteiger partial charge is 0.248 e. The normalized spacial score (nSPS) is 20.4. The first-order chi connectivity index (χ1) is 13.3. The van der Waals surface area contributed by atoms with Gasteiger partial charge in [0, 0.05) is 31.3 Å². The molecule has 2 heterocycles. The average molecular weight is 364 g/mol. The highest BCUT2D eigenvalue weighted by molar-refractivity contribution is 5.52. The number of imidazole rings is 1. The SMILES string of the molecule is [2H]C([2H])([2H])OC(C)(C)c1nc2cc(C#N)cc(C)n2c1CC1CCC(F)(F)CC1. The van der Waals surface area contributed by atoms with Crippen LogP contribution in [0, 0.1) is 24.2 Å². The number of pyridine rings is 1. The van der Waals surface area contributed by atoms with Gasteiger partial charge in [0.1, 0.15) is 11.2 Å². The zero-order valence-electron chi connectivity index (χ0n) is 18.3. The van der Waals surface area contributed by atoms with E-state index in [1.54, 1.807) is 26.0 Å². The Morgan fingerprint density at radius 1 is 1.42 bits per heavy atom. The summed E-state index contributed by atoms with van der Waals surface area (Å²) in [6, 6.07) is 5.47. The van der Waals surface area contributed by atoms with Gasteiger partial charge >= 0.3 is 0 Å². The Labute approximate surface area is 157 Å². The summed E-state index contributed by atoms with van der Waals surface area (Å²) in [5, 5.41) is 9.26. The van der Waals surface area contributed by atoms with E-state index >= 15 is 0 Å². The number of ether oxygens (including phenoxy) is 1. The monoisotopic (exact) mass is 364 g/mol. The molecule has 26 heavy (non-hydrogen) atoms. The Balaban J connectivity index is 2.08. The molecule has 0 aromatic carbocycles. The number of rotatable bonds is 4. The maximum Gasteiger partial charge on any atom is 0.248 e. The fraction of sp³-hybridized carbons (Fsp3) is 0.600. The highest BCUT2D eigenvalue weighted by Gasteiger charge is 2.36.